The Labute approximate surface area is 172 Å². The first-order valence-electron chi connectivity index (χ1n) is 8.41. The number of alkyl halides is 1. The Bertz CT molecular complexity index is 1110. The van der Waals surface area contributed by atoms with Crippen LogP contribution in [0.15, 0.2) is 71.7 Å². The van der Waals surface area contributed by atoms with Crippen LogP contribution in [0.1, 0.15) is 16.1 Å². The summed E-state index contributed by atoms with van der Waals surface area (Å²) in [5, 5.41) is 0. The second-order valence-electron chi connectivity index (χ2n) is 6.26. The van der Waals surface area contributed by atoms with Crippen molar-refractivity contribution in [3.8, 4) is 11.5 Å². The number of rotatable bonds is 6. The minimum absolute atomic E-state index is 0.285. The summed E-state index contributed by atoms with van der Waals surface area (Å²) < 4.78 is 31.8. The molecule has 3 rings (SSSR count). The molecule has 0 saturated heterocycles. The lowest BCUT2D eigenvalue weighted by Gasteiger charge is -2.27. The van der Waals surface area contributed by atoms with Gasteiger partial charge in [-0.25, -0.2) is 8.42 Å². The molecule has 1 heterocycles. The van der Waals surface area contributed by atoms with Crippen LogP contribution in [0.2, 0.25) is 0 Å². The first-order chi connectivity index (χ1) is 13.3. The molecule has 28 heavy (non-hydrogen) atoms. The summed E-state index contributed by atoms with van der Waals surface area (Å²) in [7, 11) is -3.67. The predicted molar refractivity (Wildman–Crippen MR) is 114 cm³/mol. The molecule has 6 nitrogen and oxygen atoms in total. The molecule has 0 bridgehead atoms. The first kappa shape index (κ1) is 20.2. The standard InChI is InChI=1S/C20H19BrN2O4S/c1-14-5-9-16(10-6-14)27-17-11-7-15(8-12-17)23(28(2,25)26)19(21)18-4-3-13-22-20(18)24/h3-13,19H,1-2H3,(H,22,24). The molecule has 0 aliphatic rings. The summed E-state index contributed by atoms with van der Waals surface area (Å²) >= 11 is 3.35. The lowest BCUT2D eigenvalue weighted by atomic mass is 10.2. The highest BCUT2D eigenvalue weighted by atomic mass is 79.9. The van der Waals surface area contributed by atoms with E-state index in [2.05, 4.69) is 20.9 Å². The highest BCUT2D eigenvalue weighted by molar-refractivity contribution is 9.09. The molecule has 1 atom stereocenters. The number of H-pyrrole nitrogens is 1. The van der Waals surface area contributed by atoms with Crippen LogP contribution in [-0.2, 0) is 10.0 Å². The van der Waals surface area contributed by atoms with Crippen LogP contribution >= 0.6 is 15.9 Å². The predicted octanol–water partition coefficient (Wildman–Crippen LogP) is 4.34. The molecular weight excluding hydrogens is 444 g/mol. The Morgan fingerprint density at radius 1 is 1.00 bits per heavy atom. The van der Waals surface area contributed by atoms with E-state index in [9.17, 15) is 13.2 Å². The number of anilines is 1. The largest absolute Gasteiger partial charge is 0.457 e. The maximum Gasteiger partial charge on any atom is 0.254 e. The van der Waals surface area contributed by atoms with Crippen LogP contribution in [0.3, 0.4) is 0 Å². The number of aryl methyl sites for hydroxylation is 1. The van der Waals surface area contributed by atoms with E-state index in [1.54, 1.807) is 36.4 Å². The van der Waals surface area contributed by atoms with Gasteiger partial charge in [-0.3, -0.25) is 9.10 Å². The molecule has 1 aromatic heterocycles. The Morgan fingerprint density at radius 2 is 1.57 bits per heavy atom. The number of nitrogens with zero attached hydrogens (tertiary/aromatic N) is 1. The van der Waals surface area contributed by atoms with E-state index in [1.165, 1.54) is 6.20 Å². The normalized spacial score (nSPS) is 12.4. The Balaban J connectivity index is 1.90. The van der Waals surface area contributed by atoms with Gasteiger partial charge in [0, 0.05) is 6.20 Å². The summed E-state index contributed by atoms with van der Waals surface area (Å²) in [6, 6.07) is 17.5. The molecule has 0 radical (unpaired) electrons. The monoisotopic (exact) mass is 462 g/mol. The van der Waals surface area contributed by atoms with Crippen molar-refractivity contribution in [1.82, 2.24) is 4.98 Å². The molecule has 0 aliphatic carbocycles. The molecule has 0 fully saturated rings. The van der Waals surface area contributed by atoms with Crippen LogP contribution in [0, 0.1) is 6.92 Å². The summed E-state index contributed by atoms with van der Waals surface area (Å²) in [5.74, 6) is 1.26. The molecule has 1 unspecified atom stereocenters. The summed E-state index contributed by atoms with van der Waals surface area (Å²) in [5.41, 5.74) is 1.46. The Hall–Kier alpha value is -2.58. The fourth-order valence-corrected chi connectivity index (χ4v) is 5.10. The number of pyridine rings is 1. The van der Waals surface area contributed by atoms with Crippen molar-refractivity contribution in [3.63, 3.8) is 0 Å². The molecule has 8 heteroatoms. The van der Waals surface area contributed by atoms with Crippen molar-refractivity contribution in [1.29, 1.82) is 0 Å². The van der Waals surface area contributed by atoms with E-state index in [1.807, 2.05) is 31.2 Å². The number of ether oxygens (including phenoxy) is 1. The van der Waals surface area contributed by atoms with Gasteiger partial charge in [-0.15, -0.1) is 0 Å². The smallest absolute Gasteiger partial charge is 0.254 e. The third-order valence-corrected chi connectivity index (χ3v) is 6.33. The highest BCUT2D eigenvalue weighted by Crippen LogP contribution is 2.34. The van der Waals surface area contributed by atoms with Crippen molar-refractivity contribution in [2.45, 2.75) is 11.9 Å². The zero-order valence-electron chi connectivity index (χ0n) is 15.3. The van der Waals surface area contributed by atoms with E-state index < -0.39 is 15.0 Å². The van der Waals surface area contributed by atoms with Crippen molar-refractivity contribution < 1.29 is 13.2 Å². The number of benzene rings is 2. The van der Waals surface area contributed by atoms with Gasteiger partial charge in [-0.1, -0.05) is 33.6 Å². The molecule has 0 saturated carbocycles. The molecule has 146 valence electrons. The Kier molecular flexibility index (Phi) is 5.90. The van der Waals surface area contributed by atoms with Crippen LogP contribution in [0.5, 0.6) is 11.5 Å². The molecular formula is C20H19BrN2O4S. The summed E-state index contributed by atoms with van der Waals surface area (Å²) in [6.45, 7) is 1.99. The van der Waals surface area contributed by atoms with Gasteiger partial charge in [-0.2, -0.15) is 0 Å². The van der Waals surface area contributed by atoms with Gasteiger partial charge in [0.25, 0.3) is 5.56 Å². The number of hydrogen-bond donors (Lipinski definition) is 1. The average molecular weight is 463 g/mol. The van der Waals surface area contributed by atoms with Crippen LogP contribution < -0.4 is 14.6 Å². The molecule has 3 aromatic rings. The summed E-state index contributed by atoms with van der Waals surface area (Å²) in [6.07, 6.45) is 2.59. The van der Waals surface area contributed by atoms with E-state index in [0.29, 0.717) is 17.2 Å². The number of hydrogen-bond acceptors (Lipinski definition) is 4. The first-order valence-corrected chi connectivity index (χ1v) is 11.2. The van der Waals surface area contributed by atoms with Gasteiger partial charge in [-0.05, 0) is 55.5 Å². The van der Waals surface area contributed by atoms with Gasteiger partial charge in [0.2, 0.25) is 10.0 Å². The number of sulfonamides is 1. The number of halogens is 1. The third kappa shape index (κ3) is 4.63. The van der Waals surface area contributed by atoms with Crippen LogP contribution in [0.25, 0.3) is 0 Å². The van der Waals surface area contributed by atoms with E-state index >= 15 is 0 Å². The second kappa shape index (κ2) is 8.20. The van der Waals surface area contributed by atoms with Crippen LogP contribution in [-0.4, -0.2) is 19.7 Å². The van der Waals surface area contributed by atoms with Gasteiger partial charge in [0.1, 0.15) is 16.5 Å². The minimum Gasteiger partial charge on any atom is -0.457 e. The van der Waals surface area contributed by atoms with Crippen LogP contribution in [0.4, 0.5) is 5.69 Å². The number of nitrogens with one attached hydrogen (secondary N) is 1. The second-order valence-corrected chi connectivity index (χ2v) is 8.98. The lowest BCUT2D eigenvalue weighted by molar-refractivity contribution is 0.482. The van der Waals surface area contributed by atoms with Crippen molar-refractivity contribution in [3.05, 3.63) is 88.3 Å². The fraction of sp³-hybridized carbons (Fsp3) is 0.150. The Morgan fingerprint density at radius 3 is 2.11 bits per heavy atom. The van der Waals surface area contributed by atoms with Crippen molar-refractivity contribution in [2.75, 3.05) is 10.6 Å². The van der Waals surface area contributed by atoms with Gasteiger partial charge >= 0.3 is 0 Å². The quantitative estimate of drug-likeness (QED) is 0.436. The molecule has 0 amide bonds. The topological polar surface area (TPSA) is 79.5 Å². The molecule has 0 spiro atoms. The maximum absolute atomic E-state index is 12.4. The average Bonchev–Trinajstić information content (AvgIpc) is 2.64. The maximum atomic E-state index is 12.4. The van der Waals surface area contributed by atoms with Crippen molar-refractivity contribution >= 4 is 31.6 Å². The van der Waals surface area contributed by atoms with Gasteiger partial charge < -0.3 is 9.72 Å². The zero-order valence-corrected chi connectivity index (χ0v) is 17.7. The van der Waals surface area contributed by atoms with Gasteiger partial charge in [0.05, 0.1) is 17.5 Å². The fourth-order valence-electron chi connectivity index (χ4n) is 2.64. The summed E-state index contributed by atoms with van der Waals surface area (Å²) in [4.78, 5) is 13.8. The molecule has 2 aromatic carbocycles. The van der Waals surface area contributed by atoms with E-state index in [0.717, 1.165) is 16.1 Å². The third-order valence-electron chi connectivity index (χ3n) is 4.02. The number of aromatic amines is 1. The van der Waals surface area contributed by atoms with Crippen molar-refractivity contribution in [2.24, 2.45) is 0 Å². The molecule has 1 N–H and O–H groups in total. The number of aromatic nitrogens is 1. The SMILES string of the molecule is Cc1ccc(Oc2ccc(N(C(Br)c3ccc[nH]c3=O)S(C)(=O)=O)cc2)cc1. The molecule has 0 aliphatic heterocycles. The van der Waals surface area contributed by atoms with Gasteiger partial charge in [0.15, 0.2) is 0 Å². The van der Waals surface area contributed by atoms with E-state index in [-0.39, 0.29) is 11.1 Å². The van der Waals surface area contributed by atoms with E-state index in [4.69, 9.17) is 4.74 Å². The lowest BCUT2D eigenvalue weighted by Crippen LogP contribution is -2.33. The zero-order chi connectivity index (χ0) is 20.3. The minimum atomic E-state index is -3.67. The highest BCUT2D eigenvalue weighted by Gasteiger charge is 2.28.